The highest BCUT2D eigenvalue weighted by Crippen LogP contribution is 2.36. The molecule has 0 amide bonds. The molecule has 64 valence electrons. The molecule has 2 nitrogen and oxygen atoms in total. The SMILES string of the molecule is c1ccc(P2COCOC2)cc1. The standard InChI is InChI=1S/C9H11O2P/c1-2-4-9(5-3-1)12-7-10-6-11-8-12/h1-5H,6-8H2. The van der Waals surface area contributed by atoms with Crippen molar-refractivity contribution >= 4 is 13.2 Å². The van der Waals surface area contributed by atoms with Crippen molar-refractivity contribution in [2.45, 2.75) is 0 Å². The van der Waals surface area contributed by atoms with Crippen LogP contribution in [0, 0.1) is 0 Å². The van der Waals surface area contributed by atoms with Gasteiger partial charge < -0.3 is 9.47 Å². The van der Waals surface area contributed by atoms with Crippen molar-refractivity contribution in [3.05, 3.63) is 30.3 Å². The van der Waals surface area contributed by atoms with Crippen LogP contribution in [0.2, 0.25) is 0 Å². The zero-order valence-electron chi connectivity index (χ0n) is 6.77. The first kappa shape index (κ1) is 8.18. The second kappa shape index (κ2) is 3.99. The van der Waals surface area contributed by atoms with E-state index in [4.69, 9.17) is 9.47 Å². The molecule has 1 aromatic rings. The summed E-state index contributed by atoms with van der Waals surface area (Å²) in [6.07, 6.45) is 1.69. The Morgan fingerprint density at radius 2 is 1.67 bits per heavy atom. The highest BCUT2D eigenvalue weighted by molar-refractivity contribution is 7.65. The molecule has 1 aromatic carbocycles. The van der Waals surface area contributed by atoms with Crippen LogP contribution < -0.4 is 5.30 Å². The normalized spacial score (nSPS) is 19.3. The second-order valence-electron chi connectivity index (χ2n) is 2.66. The van der Waals surface area contributed by atoms with Gasteiger partial charge in [0.25, 0.3) is 0 Å². The quantitative estimate of drug-likeness (QED) is 0.615. The molecule has 0 spiro atoms. The fourth-order valence-electron chi connectivity index (χ4n) is 1.18. The third-order valence-electron chi connectivity index (χ3n) is 1.78. The molecule has 0 bridgehead atoms. The maximum atomic E-state index is 5.24. The van der Waals surface area contributed by atoms with Crippen molar-refractivity contribution in [1.82, 2.24) is 0 Å². The summed E-state index contributed by atoms with van der Waals surface area (Å²) in [5.74, 6) is 0. The summed E-state index contributed by atoms with van der Waals surface area (Å²) in [5, 5.41) is 1.37. The van der Waals surface area contributed by atoms with Crippen LogP contribution in [0.5, 0.6) is 0 Å². The van der Waals surface area contributed by atoms with E-state index in [-0.39, 0.29) is 7.92 Å². The molecule has 0 saturated carbocycles. The molecule has 0 aromatic heterocycles. The Balaban J connectivity index is 2.08. The Kier molecular flexibility index (Phi) is 2.72. The van der Waals surface area contributed by atoms with Gasteiger partial charge in [0.15, 0.2) is 0 Å². The second-order valence-corrected chi connectivity index (χ2v) is 4.77. The van der Waals surface area contributed by atoms with Crippen LogP contribution in [0.3, 0.4) is 0 Å². The van der Waals surface area contributed by atoms with Crippen molar-refractivity contribution in [2.24, 2.45) is 0 Å². The summed E-state index contributed by atoms with van der Waals surface area (Å²) in [6.45, 7) is 0.464. The minimum Gasteiger partial charge on any atom is -0.351 e. The van der Waals surface area contributed by atoms with E-state index in [1.54, 1.807) is 0 Å². The van der Waals surface area contributed by atoms with Gasteiger partial charge in [-0.25, -0.2) is 0 Å². The molecule has 0 unspecified atom stereocenters. The number of rotatable bonds is 1. The molecule has 1 saturated heterocycles. The molecule has 0 radical (unpaired) electrons. The van der Waals surface area contributed by atoms with E-state index in [0.717, 1.165) is 12.7 Å². The van der Waals surface area contributed by atoms with Crippen LogP contribution in [-0.2, 0) is 9.47 Å². The Bertz CT molecular complexity index is 232. The minimum atomic E-state index is -0.211. The molecule has 2 rings (SSSR count). The van der Waals surface area contributed by atoms with Crippen molar-refractivity contribution < 1.29 is 9.47 Å². The Hall–Kier alpha value is -0.430. The first-order chi connectivity index (χ1) is 5.97. The van der Waals surface area contributed by atoms with E-state index in [2.05, 4.69) is 24.3 Å². The van der Waals surface area contributed by atoms with Crippen LogP contribution in [0.1, 0.15) is 0 Å². The summed E-state index contributed by atoms with van der Waals surface area (Å²) in [5.41, 5.74) is 0. The van der Waals surface area contributed by atoms with Crippen molar-refractivity contribution in [1.29, 1.82) is 0 Å². The molecular formula is C9H11O2P. The lowest BCUT2D eigenvalue weighted by atomic mass is 10.4. The van der Waals surface area contributed by atoms with Crippen LogP contribution in [0.4, 0.5) is 0 Å². The largest absolute Gasteiger partial charge is 0.351 e. The van der Waals surface area contributed by atoms with E-state index < -0.39 is 0 Å². The van der Waals surface area contributed by atoms with Gasteiger partial charge in [-0.3, -0.25) is 0 Å². The third kappa shape index (κ3) is 1.84. The molecular weight excluding hydrogens is 171 g/mol. The predicted molar refractivity (Wildman–Crippen MR) is 49.8 cm³/mol. The maximum absolute atomic E-state index is 5.24. The lowest BCUT2D eigenvalue weighted by Crippen LogP contribution is -2.16. The average molecular weight is 182 g/mol. The predicted octanol–water partition coefficient (Wildman–Crippen LogP) is 1.71. The molecule has 12 heavy (non-hydrogen) atoms. The number of ether oxygens (including phenoxy) is 2. The van der Waals surface area contributed by atoms with E-state index >= 15 is 0 Å². The summed E-state index contributed by atoms with van der Waals surface area (Å²) < 4.78 is 10.5. The lowest BCUT2D eigenvalue weighted by molar-refractivity contribution is -0.0337. The van der Waals surface area contributed by atoms with Gasteiger partial charge >= 0.3 is 0 Å². The molecule has 1 aliphatic heterocycles. The number of benzene rings is 1. The van der Waals surface area contributed by atoms with Gasteiger partial charge in [-0.1, -0.05) is 30.3 Å². The van der Waals surface area contributed by atoms with Crippen molar-refractivity contribution in [3.8, 4) is 0 Å². The molecule has 0 aliphatic carbocycles. The minimum absolute atomic E-state index is 0.211. The lowest BCUT2D eigenvalue weighted by Gasteiger charge is -2.22. The molecule has 3 heteroatoms. The highest BCUT2D eigenvalue weighted by atomic mass is 31.1. The van der Waals surface area contributed by atoms with Crippen LogP contribution in [-0.4, -0.2) is 19.5 Å². The van der Waals surface area contributed by atoms with Gasteiger partial charge in [-0.15, -0.1) is 0 Å². The van der Waals surface area contributed by atoms with Gasteiger partial charge in [0.1, 0.15) is 6.79 Å². The van der Waals surface area contributed by atoms with Crippen LogP contribution in [0.25, 0.3) is 0 Å². The van der Waals surface area contributed by atoms with E-state index in [0.29, 0.717) is 6.79 Å². The van der Waals surface area contributed by atoms with Crippen molar-refractivity contribution in [2.75, 3.05) is 19.5 Å². The average Bonchev–Trinajstić information content (AvgIpc) is 2.21. The van der Waals surface area contributed by atoms with E-state index in [1.807, 2.05) is 6.07 Å². The van der Waals surface area contributed by atoms with Gasteiger partial charge in [-0.05, 0) is 13.2 Å². The van der Waals surface area contributed by atoms with Gasteiger partial charge in [0, 0.05) is 0 Å². The highest BCUT2D eigenvalue weighted by Gasteiger charge is 2.14. The Morgan fingerprint density at radius 1 is 1.00 bits per heavy atom. The van der Waals surface area contributed by atoms with Crippen molar-refractivity contribution in [3.63, 3.8) is 0 Å². The summed E-state index contributed by atoms with van der Waals surface area (Å²) >= 11 is 0. The van der Waals surface area contributed by atoms with Gasteiger partial charge in [0.2, 0.25) is 0 Å². The maximum Gasteiger partial charge on any atom is 0.147 e. The first-order valence-corrected chi connectivity index (χ1v) is 5.63. The molecule has 0 N–H and O–H groups in total. The van der Waals surface area contributed by atoms with Crippen LogP contribution >= 0.6 is 7.92 Å². The molecule has 1 heterocycles. The first-order valence-electron chi connectivity index (χ1n) is 3.92. The Morgan fingerprint density at radius 3 is 2.33 bits per heavy atom. The fourth-order valence-corrected chi connectivity index (χ4v) is 2.74. The smallest absolute Gasteiger partial charge is 0.147 e. The van der Waals surface area contributed by atoms with Gasteiger partial charge in [-0.2, -0.15) is 0 Å². The zero-order valence-corrected chi connectivity index (χ0v) is 7.67. The van der Waals surface area contributed by atoms with E-state index in [9.17, 15) is 0 Å². The number of hydrogen-bond donors (Lipinski definition) is 0. The molecule has 1 fully saturated rings. The number of hydrogen-bond acceptors (Lipinski definition) is 2. The molecule has 1 aliphatic rings. The van der Waals surface area contributed by atoms with Crippen LogP contribution in [0.15, 0.2) is 30.3 Å². The Labute approximate surface area is 73.2 Å². The monoisotopic (exact) mass is 182 g/mol. The molecule has 0 atom stereocenters. The van der Waals surface area contributed by atoms with E-state index in [1.165, 1.54) is 5.30 Å². The summed E-state index contributed by atoms with van der Waals surface area (Å²) in [7, 11) is -0.211. The summed E-state index contributed by atoms with van der Waals surface area (Å²) in [6, 6.07) is 10.4. The van der Waals surface area contributed by atoms with Gasteiger partial charge in [0.05, 0.1) is 12.7 Å². The summed E-state index contributed by atoms with van der Waals surface area (Å²) in [4.78, 5) is 0. The fraction of sp³-hybridized carbons (Fsp3) is 0.333. The third-order valence-corrected chi connectivity index (χ3v) is 3.80. The topological polar surface area (TPSA) is 18.5 Å². The zero-order chi connectivity index (χ0) is 8.23.